The van der Waals surface area contributed by atoms with Gasteiger partial charge in [-0.3, -0.25) is 4.79 Å². The van der Waals surface area contributed by atoms with Crippen LogP contribution in [-0.2, 0) is 10.2 Å². The van der Waals surface area contributed by atoms with Crippen LogP contribution in [0.1, 0.15) is 51.7 Å². The Labute approximate surface area is 150 Å². The summed E-state index contributed by atoms with van der Waals surface area (Å²) < 4.78 is 0. The van der Waals surface area contributed by atoms with E-state index in [-0.39, 0.29) is 23.2 Å². The van der Waals surface area contributed by atoms with Gasteiger partial charge in [-0.15, -0.1) is 0 Å². The first-order valence-electron chi connectivity index (χ1n) is 8.36. The summed E-state index contributed by atoms with van der Waals surface area (Å²) in [4.78, 5) is 13.0. The summed E-state index contributed by atoms with van der Waals surface area (Å²) in [6, 6.07) is 15.5. The molecule has 1 atom stereocenters. The van der Waals surface area contributed by atoms with Gasteiger partial charge in [0.1, 0.15) is 0 Å². The van der Waals surface area contributed by atoms with Gasteiger partial charge in [0, 0.05) is 10.7 Å². The number of carbonyl (C=O) groups is 1. The molecule has 0 saturated carbocycles. The van der Waals surface area contributed by atoms with Crippen LogP contribution in [0.25, 0.3) is 0 Å². The SMILES string of the molecule is CC(C)C(C(=O)Nc1ccccc1C(C)(C)C)c1ccc(Cl)cc1. The minimum absolute atomic E-state index is 0.0176. The Morgan fingerprint density at radius 2 is 1.58 bits per heavy atom. The van der Waals surface area contributed by atoms with Crippen molar-refractivity contribution in [3.05, 3.63) is 64.7 Å². The number of para-hydroxylation sites is 1. The Hall–Kier alpha value is -1.80. The van der Waals surface area contributed by atoms with Crippen LogP contribution in [0.4, 0.5) is 5.69 Å². The lowest BCUT2D eigenvalue weighted by molar-refractivity contribution is -0.118. The fraction of sp³-hybridized carbons (Fsp3) is 0.381. The van der Waals surface area contributed by atoms with Crippen molar-refractivity contribution in [2.45, 2.75) is 46.0 Å². The number of benzene rings is 2. The van der Waals surface area contributed by atoms with E-state index in [0.29, 0.717) is 5.02 Å². The Bertz CT molecular complexity index is 699. The van der Waals surface area contributed by atoms with Gasteiger partial charge in [-0.25, -0.2) is 0 Å². The number of nitrogens with one attached hydrogen (secondary N) is 1. The largest absolute Gasteiger partial charge is 0.325 e. The molecule has 0 spiro atoms. The van der Waals surface area contributed by atoms with Gasteiger partial charge in [0.2, 0.25) is 5.91 Å². The molecule has 0 aliphatic rings. The number of carbonyl (C=O) groups excluding carboxylic acids is 1. The number of halogens is 1. The zero-order valence-electron chi connectivity index (χ0n) is 15.1. The molecule has 2 nitrogen and oxygen atoms in total. The highest BCUT2D eigenvalue weighted by atomic mass is 35.5. The van der Waals surface area contributed by atoms with E-state index in [9.17, 15) is 4.79 Å². The summed E-state index contributed by atoms with van der Waals surface area (Å²) in [6.45, 7) is 10.6. The van der Waals surface area contributed by atoms with E-state index in [2.05, 4.69) is 46.0 Å². The van der Waals surface area contributed by atoms with E-state index < -0.39 is 0 Å². The van der Waals surface area contributed by atoms with Crippen molar-refractivity contribution in [3.63, 3.8) is 0 Å². The highest BCUT2D eigenvalue weighted by Gasteiger charge is 2.26. The molecule has 24 heavy (non-hydrogen) atoms. The zero-order valence-corrected chi connectivity index (χ0v) is 15.8. The molecule has 1 amide bonds. The first-order valence-corrected chi connectivity index (χ1v) is 8.74. The van der Waals surface area contributed by atoms with Crippen molar-refractivity contribution < 1.29 is 4.79 Å². The molecular formula is C21H26ClNO. The third kappa shape index (κ3) is 4.39. The van der Waals surface area contributed by atoms with Gasteiger partial charge in [-0.05, 0) is 40.7 Å². The molecule has 0 aromatic heterocycles. The van der Waals surface area contributed by atoms with Gasteiger partial charge in [0.25, 0.3) is 0 Å². The van der Waals surface area contributed by atoms with Gasteiger partial charge in [-0.2, -0.15) is 0 Å². The molecule has 2 aromatic carbocycles. The predicted octanol–water partition coefficient (Wildman–Crippen LogP) is 6.02. The second-order valence-electron chi connectivity index (χ2n) is 7.56. The average Bonchev–Trinajstić information content (AvgIpc) is 2.48. The molecule has 3 heteroatoms. The maximum absolute atomic E-state index is 13.0. The monoisotopic (exact) mass is 343 g/mol. The topological polar surface area (TPSA) is 29.1 Å². The first kappa shape index (κ1) is 18.5. The molecule has 128 valence electrons. The standard InChI is InChI=1S/C21H26ClNO/c1-14(2)19(15-10-12-16(22)13-11-15)20(24)23-18-9-7-6-8-17(18)21(3,4)5/h6-14,19H,1-5H3,(H,23,24). The van der Waals surface area contributed by atoms with Gasteiger partial charge in [0.15, 0.2) is 0 Å². The molecular weight excluding hydrogens is 318 g/mol. The van der Waals surface area contributed by atoms with Crippen LogP contribution in [0, 0.1) is 5.92 Å². The Balaban J connectivity index is 2.31. The van der Waals surface area contributed by atoms with E-state index in [1.54, 1.807) is 0 Å². The van der Waals surface area contributed by atoms with Crippen LogP contribution in [0.3, 0.4) is 0 Å². The van der Waals surface area contributed by atoms with Crippen LogP contribution < -0.4 is 5.32 Å². The summed E-state index contributed by atoms with van der Waals surface area (Å²) in [7, 11) is 0. The molecule has 2 rings (SSSR count). The van der Waals surface area contributed by atoms with Crippen LogP contribution in [0.2, 0.25) is 5.02 Å². The molecule has 1 unspecified atom stereocenters. The molecule has 0 fully saturated rings. The number of rotatable bonds is 4. The second kappa shape index (κ2) is 7.40. The van der Waals surface area contributed by atoms with Crippen LogP contribution in [-0.4, -0.2) is 5.91 Å². The highest BCUT2D eigenvalue weighted by molar-refractivity contribution is 6.30. The number of hydrogen-bond donors (Lipinski definition) is 1. The normalized spacial score (nSPS) is 13.0. The van der Waals surface area contributed by atoms with E-state index in [4.69, 9.17) is 11.6 Å². The summed E-state index contributed by atoms with van der Waals surface area (Å²) in [6.07, 6.45) is 0. The smallest absolute Gasteiger partial charge is 0.232 e. The third-order valence-corrected chi connectivity index (χ3v) is 4.42. The minimum atomic E-state index is -0.213. The number of amides is 1. The van der Waals surface area contributed by atoms with Gasteiger partial charge < -0.3 is 5.32 Å². The molecule has 0 saturated heterocycles. The lowest BCUT2D eigenvalue weighted by Gasteiger charge is -2.25. The molecule has 0 radical (unpaired) electrons. The molecule has 0 aliphatic carbocycles. The highest BCUT2D eigenvalue weighted by Crippen LogP contribution is 2.32. The minimum Gasteiger partial charge on any atom is -0.325 e. The Kier molecular flexibility index (Phi) is 5.71. The van der Waals surface area contributed by atoms with Crippen molar-refractivity contribution in [3.8, 4) is 0 Å². The maximum Gasteiger partial charge on any atom is 0.232 e. The molecule has 0 heterocycles. The van der Waals surface area contributed by atoms with Crippen LogP contribution >= 0.6 is 11.6 Å². The number of hydrogen-bond acceptors (Lipinski definition) is 1. The first-order chi connectivity index (χ1) is 11.2. The van der Waals surface area contributed by atoms with Crippen molar-refractivity contribution in [2.24, 2.45) is 5.92 Å². The van der Waals surface area contributed by atoms with E-state index in [1.807, 2.05) is 42.5 Å². The lowest BCUT2D eigenvalue weighted by atomic mass is 9.84. The molecule has 1 N–H and O–H groups in total. The second-order valence-corrected chi connectivity index (χ2v) is 7.99. The summed E-state index contributed by atoms with van der Waals surface area (Å²) in [5, 5.41) is 3.82. The maximum atomic E-state index is 13.0. The average molecular weight is 344 g/mol. The van der Waals surface area contributed by atoms with Gasteiger partial charge in [0.05, 0.1) is 5.92 Å². The summed E-state index contributed by atoms with van der Waals surface area (Å²) in [5.41, 5.74) is 2.98. The van der Waals surface area contributed by atoms with E-state index in [0.717, 1.165) is 16.8 Å². The van der Waals surface area contributed by atoms with Crippen molar-refractivity contribution in [1.29, 1.82) is 0 Å². The van der Waals surface area contributed by atoms with Crippen molar-refractivity contribution in [2.75, 3.05) is 5.32 Å². The van der Waals surface area contributed by atoms with E-state index in [1.165, 1.54) is 0 Å². The summed E-state index contributed by atoms with van der Waals surface area (Å²) >= 11 is 5.98. The van der Waals surface area contributed by atoms with Gasteiger partial charge >= 0.3 is 0 Å². The summed E-state index contributed by atoms with van der Waals surface area (Å²) in [5.74, 6) is -0.00714. The fourth-order valence-electron chi connectivity index (χ4n) is 2.97. The van der Waals surface area contributed by atoms with Crippen LogP contribution in [0.5, 0.6) is 0 Å². The predicted molar refractivity (Wildman–Crippen MR) is 103 cm³/mol. The molecule has 0 aliphatic heterocycles. The van der Waals surface area contributed by atoms with E-state index >= 15 is 0 Å². The number of anilines is 1. The third-order valence-electron chi connectivity index (χ3n) is 4.17. The molecule has 0 bridgehead atoms. The van der Waals surface area contributed by atoms with Crippen molar-refractivity contribution >= 4 is 23.2 Å². The van der Waals surface area contributed by atoms with Crippen molar-refractivity contribution in [1.82, 2.24) is 0 Å². The molecule has 2 aromatic rings. The Morgan fingerprint density at radius 3 is 2.12 bits per heavy atom. The lowest BCUT2D eigenvalue weighted by Crippen LogP contribution is -2.26. The Morgan fingerprint density at radius 1 is 1.00 bits per heavy atom. The van der Waals surface area contributed by atoms with Crippen LogP contribution in [0.15, 0.2) is 48.5 Å². The quantitative estimate of drug-likeness (QED) is 0.723. The van der Waals surface area contributed by atoms with Gasteiger partial charge in [-0.1, -0.05) is 76.6 Å². The zero-order chi connectivity index (χ0) is 17.9. The fourth-order valence-corrected chi connectivity index (χ4v) is 3.09.